The number of benzene rings is 1. The van der Waals surface area contributed by atoms with Gasteiger partial charge in [-0.3, -0.25) is 0 Å². The molecule has 1 aliphatic rings. The first kappa shape index (κ1) is 13.6. The first-order valence-corrected chi connectivity index (χ1v) is 7.58. The van der Waals surface area contributed by atoms with Gasteiger partial charge in [-0.2, -0.15) is 0 Å². The number of aliphatic hydroxyl groups excluding tert-OH is 1. The fourth-order valence-electron chi connectivity index (χ4n) is 3.04. The van der Waals surface area contributed by atoms with Crippen LogP contribution in [0.5, 0.6) is 0 Å². The van der Waals surface area contributed by atoms with Crippen LogP contribution in [0.2, 0.25) is 0 Å². The van der Waals surface area contributed by atoms with E-state index in [4.69, 9.17) is 10.7 Å². The zero-order valence-corrected chi connectivity index (χ0v) is 12.0. The van der Waals surface area contributed by atoms with Gasteiger partial charge in [0.15, 0.2) is 0 Å². The number of aromatic nitrogens is 2. The van der Waals surface area contributed by atoms with Crippen LogP contribution in [0.1, 0.15) is 38.1 Å². The lowest BCUT2D eigenvalue weighted by molar-refractivity contribution is 0.199. The molecule has 3 rings (SSSR count). The molecule has 1 aromatic carbocycles. The number of hydrogen-bond donors (Lipinski definition) is 2. The third-order valence-electron chi connectivity index (χ3n) is 4.27. The zero-order valence-electron chi connectivity index (χ0n) is 12.0. The average Bonchev–Trinajstić information content (AvgIpc) is 3.24. The minimum absolute atomic E-state index is 0.0215. The summed E-state index contributed by atoms with van der Waals surface area (Å²) in [6.45, 7) is 2.23. The molecule has 2 unspecified atom stereocenters. The van der Waals surface area contributed by atoms with Gasteiger partial charge in [0.25, 0.3) is 0 Å². The fraction of sp³-hybridized carbons (Fsp3) is 0.562. The summed E-state index contributed by atoms with van der Waals surface area (Å²) in [4.78, 5) is 4.73. The molecular formula is C16H23N3O. The van der Waals surface area contributed by atoms with Gasteiger partial charge in [-0.15, -0.1) is 0 Å². The molecule has 1 saturated carbocycles. The molecule has 1 aromatic heterocycles. The lowest BCUT2D eigenvalue weighted by Crippen LogP contribution is -2.37. The third-order valence-corrected chi connectivity index (χ3v) is 4.27. The van der Waals surface area contributed by atoms with Crippen molar-refractivity contribution in [3.8, 4) is 0 Å². The Kier molecular flexibility index (Phi) is 3.76. The van der Waals surface area contributed by atoms with E-state index in [1.54, 1.807) is 0 Å². The molecule has 2 atom stereocenters. The molecule has 1 fully saturated rings. The van der Waals surface area contributed by atoms with Gasteiger partial charge in [0.1, 0.15) is 5.82 Å². The van der Waals surface area contributed by atoms with Crippen molar-refractivity contribution in [2.45, 2.75) is 44.7 Å². The predicted molar refractivity (Wildman–Crippen MR) is 80.6 cm³/mol. The van der Waals surface area contributed by atoms with E-state index in [9.17, 15) is 5.11 Å². The molecule has 2 aromatic rings. The van der Waals surface area contributed by atoms with E-state index in [0.29, 0.717) is 5.92 Å². The molecular weight excluding hydrogens is 250 g/mol. The standard InChI is InChI=1S/C16H23N3O/c1-2-5-15-18-12-6-3-4-7-13(12)19(15)14(10-20)16(17)11-8-9-11/h3-4,6-7,11,14,16,20H,2,5,8-10,17H2,1H3. The Morgan fingerprint density at radius 3 is 2.80 bits per heavy atom. The summed E-state index contributed by atoms with van der Waals surface area (Å²) < 4.78 is 2.18. The zero-order chi connectivity index (χ0) is 14.1. The molecule has 0 saturated heterocycles. The molecule has 0 amide bonds. The van der Waals surface area contributed by atoms with Crippen molar-refractivity contribution in [3.63, 3.8) is 0 Å². The van der Waals surface area contributed by atoms with Crippen LogP contribution in [0.3, 0.4) is 0 Å². The van der Waals surface area contributed by atoms with Gasteiger partial charge in [-0.25, -0.2) is 4.98 Å². The maximum absolute atomic E-state index is 9.87. The normalized spacial score (nSPS) is 18.4. The molecule has 0 radical (unpaired) electrons. The Bertz CT molecular complexity index is 588. The second kappa shape index (κ2) is 5.54. The van der Waals surface area contributed by atoms with Crippen molar-refractivity contribution in [1.82, 2.24) is 9.55 Å². The molecule has 3 N–H and O–H groups in total. The number of para-hydroxylation sites is 2. The highest BCUT2D eigenvalue weighted by molar-refractivity contribution is 5.76. The van der Waals surface area contributed by atoms with Crippen LogP contribution in [-0.2, 0) is 6.42 Å². The lowest BCUT2D eigenvalue weighted by Gasteiger charge is -2.26. The van der Waals surface area contributed by atoms with Gasteiger partial charge in [-0.1, -0.05) is 19.1 Å². The molecule has 108 valence electrons. The van der Waals surface area contributed by atoms with Gasteiger partial charge in [-0.05, 0) is 37.3 Å². The summed E-state index contributed by atoms with van der Waals surface area (Å²) in [6.07, 6.45) is 4.34. The van der Waals surface area contributed by atoms with Crippen LogP contribution in [0, 0.1) is 5.92 Å². The topological polar surface area (TPSA) is 64.1 Å². The lowest BCUT2D eigenvalue weighted by atomic mass is 10.0. The Morgan fingerprint density at radius 1 is 1.40 bits per heavy atom. The van der Waals surface area contributed by atoms with E-state index in [1.807, 2.05) is 18.2 Å². The van der Waals surface area contributed by atoms with Gasteiger partial charge < -0.3 is 15.4 Å². The van der Waals surface area contributed by atoms with Crippen LogP contribution in [0.15, 0.2) is 24.3 Å². The summed E-state index contributed by atoms with van der Waals surface area (Å²) >= 11 is 0. The Labute approximate surface area is 119 Å². The van der Waals surface area contributed by atoms with Gasteiger partial charge >= 0.3 is 0 Å². The number of nitrogens with two attached hydrogens (primary N) is 1. The summed E-state index contributed by atoms with van der Waals surface area (Å²) in [5.74, 6) is 1.60. The molecule has 4 nitrogen and oxygen atoms in total. The fourth-order valence-corrected chi connectivity index (χ4v) is 3.04. The third kappa shape index (κ3) is 2.34. The molecule has 1 aliphatic carbocycles. The van der Waals surface area contributed by atoms with E-state index in [2.05, 4.69) is 17.6 Å². The van der Waals surface area contributed by atoms with E-state index < -0.39 is 0 Å². The summed E-state index contributed by atoms with van der Waals surface area (Å²) in [6, 6.07) is 8.09. The molecule has 0 aliphatic heterocycles. The number of fused-ring (bicyclic) bond motifs is 1. The van der Waals surface area contributed by atoms with Crippen LogP contribution in [0.25, 0.3) is 11.0 Å². The Hall–Kier alpha value is -1.39. The van der Waals surface area contributed by atoms with Crippen molar-refractivity contribution in [2.24, 2.45) is 11.7 Å². The quantitative estimate of drug-likeness (QED) is 0.848. The number of aryl methyl sites for hydroxylation is 1. The average molecular weight is 273 g/mol. The highest BCUT2D eigenvalue weighted by atomic mass is 16.3. The van der Waals surface area contributed by atoms with Crippen molar-refractivity contribution in [1.29, 1.82) is 0 Å². The highest BCUT2D eigenvalue weighted by Crippen LogP contribution is 2.37. The maximum Gasteiger partial charge on any atom is 0.110 e. The predicted octanol–water partition coefficient (Wildman–Crippen LogP) is 2.26. The van der Waals surface area contributed by atoms with Crippen molar-refractivity contribution in [3.05, 3.63) is 30.1 Å². The van der Waals surface area contributed by atoms with Crippen molar-refractivity contribution >= 4 is 11.0 Å². The van der Waals surface area contributed by atoms with Crippen LogP contribution >= 0.6 is 0 Å². The van der Waals surface area contributed by atoms with Crippen molar-refractivity contribution in [2.75, 3.05) is 6.61 Å². The SMILES string of the molecule is CCCc1nc2ccccc2n1C(CO)C(N)C1CC1. The van der Waals surface area contributed by atoms with Gasteiger partial charge in [0.05, 0.1) is 23.7 Å². The first-order chi connectivity index (χ1) is 9.76. The maximum atomic E-state index is 9.87. The monoisotopic (exact) mass is 273 g/mol. The van der Waals surface area contributed by atoms with Gasteiger partial charge in [0.2, 0.25) is 0 Å². The first-order valence-electron chi connectivity index (χ1n) is 7.58. The molecule has 0 spiro atoms. The van der Waals surface area contributed by atoms with Crippen LogP contribution in [-0.4, -0.2) is 27.3 Å². The van der Waals surface area contributed by atoms with E-state index in [0.717, 1.165) is 29.7 Å². The van der Waals surface area contributed by atoms with E-state index in [-0.39, 0.29) is 18.7 Å². The minimum atomic E-state index is -0.0588. The molecule has 20 heavy (non-hydrogen) atoms. The number of imidazole rings is 1. The Balaban J connectivity index is 2.08. The summed E-state index contributed by atoms with van der Waals surface area (Å²) in [5.41, 5.74) is 8.46. The Morgan fingerprint density at radius 2 is 2.15 bits per heavy atom. The van der Waals surface area contributed by atoms with Gasteiger partial charge in [0, 0.05) is 12.5 Å². The summed E-state index contributed by atoms with van der Waals surface area (Å²) in [5, 5.41) is 9.87. The summed E-state index contributed by atoms with van der Waals surface area (Å²) in [7, 11) is 0. The van der Waals surface area contributed by atoms with E-state index in [1.165, 1.54) is 12.8 Å². The largest absolute Gasteiger partial charge is 0.394 e. The number of rotatable bonds is 6. The minimum Gasteiger partial charge on any atom is -0.394 e. The smallest absolute Gasteiger partial charge is 0.110 e. The molecule has 0 bridgehead atoms. The highest BCUT2D eigenvalue weighted by Gasteiger charge is 2.35. The van der Waals surface area contributed by atoms with Crippen LogP contribution in [0.4, 0.5) is 0 Å². The number of nitrogens with zero attached hydrogens (tertiary/aromatic N) is 2. The second-order valence-corrected chi connectivity index (χ2v) is 5.80. The van der Waals surface area contributed by atoms with E-state index >= 15 is 0 Å². The van der Waals surface area contributed by atoms with Crippen LogP contribution < -0.4 is 5.73 Å². The second-order valence-electron chi connectivity index (χ2n) is 5.80. The van der Waals surface area contributed by atoms with Crippen molar-refractivity contribution < 1.29 is 5.11 Å². The molecule has 4 heteroatoms. The number of aliphatic hydroxyl groups is 1. The number of hydrogen-bond acceptors (Lipinski definition) is 3. The molecule has 1 heterocycles.